The molecule has 2 aliphatic rings. The first kappa shape index (κ1) is 19.0. The highest BCUT2D eigenvalue weighted by molar-refractivity contribution is 6.32. The molecular weight excluding hydrogens is 354 g/mol. The number of likely N-dealkylation sites (tertiary alicyclic amines) is 1. The van der Waals surface area contributed by atoms with Crippen molar-refractivity contribution in [3.05, 3.63) is 29.3 Å². The van der Waals surface area contributed by atoms with E-state index in [1.165, 1.54) is 0 Å². The molecule has 2 amide bonds. The summed E-state index contributed by atoms with van der Waals surface area (Å²) in [4.78, 5) is 26.4. The lowest BCUT2D eigenvalue weighted by molar-refractivity contribution is -0.135. The summed E-state index contributed by atoms with van der Waals surface area (Å²) in [5.74, 6) is 0.845. The van der Waals surface area contributed by atoms with Gasteiger partial charge >= 0.3 is 0 Å². The topological polar surface area (TPSA) is 70.7 Å². The predicted octanol–water partition coefficient (Wildman–Crippen LogP) is 1.83. The molecule has 2 fully saturated rings. The molecule has 142 valence electrons. The Hall–Kier alpha value is -1.79. The number of carbonyl (C=O) groups is 2. The Balaban J connectivity index is 1.43. The van der Waals surface area contributed by atoms with Gasteiger partial charge in [-0.25, -0.2) is 0 Å². The van der Waals surface area contributed by atoms with E-state index in [0.29, 0.717) is 29.8 Å². The zero-order valence-electron chi connectivity index (χ0n) is 14.9. The quantitative estimate of drug-likeness (QED) is 0.791. The minimum Gasteiger partial charge on any atom is -0.482 e. The van der Waals surface area contributed by atoms with Crippen LogP contribution in [0.5, 0.6) is 5.75 Å². The van der Waals surface area contributed by atoms with Crippen molar-refractivity contribution >= 4 is 23.4 Å². The molecule has 0 spiro atoms. The smallest absolute Gasteiger partial charge is 0.260 e. The van der Waals surface area contributed by atoms with Crippen LogP contribution in [0, 0.1) is 5.92 Å². The molecule has 2 heterocycles. The first-order chi connectivity index (χ1) is 12.6. The number of rotatable bonds is 6. The van der Waals surface area contributed by atoms with E-state index in [1.54, 1.807) is 12.1 Å². The van der Waals surface area contributed by atoms with E-state index >= 15 is 0 Å². The summed E-state index contributed by atoms with van der Waals surface area (Å²) >= 11 is 6.05. The van der Waals surface area contributed by atoms with Crippen LogP contribution in [0.25, 0.3) is 0 Å². The number of nitrogens with one attached hydrogen (secondary N) is 2. The van der Waals surface area contributed by atoms with Gasteiger partial charge in [0.05, 0.1) is 11.1 Å². The molecule has 0 aromatic heterocycles. The Morgan fingerprint density at radius 3 is 2.88 bits per heavy atom. The van der Waals surface area contributed by atoms with Gasteiger partial charge in [-0.1, -0.05) is 23.7 Å². The molecule has 2 unspecified atom stereocenters. The summed E-state index contributed by atoms with van der Waals surface area (Å²) in [7, 11) is 0. The van der Waals surface area contributed by atoms with Crippen LogP contribution in [-0.2, 0) is 9.59 Å². The molecule has 0 saturated carbocycles. The van der Waals surface area contributed by atoms with Crippen molar-refractivity contribution in [2.24, 2.45) is 5.92 Å². The first-order valence-electron chi connectivity index (χ1n) is 9.29. The maximum atomic E-state index is 12.4. The van der Waals surface area contributed by atoms with Gasteiger partial charge in [-0.05, 0) is 50.3 Å². The third kappa shape index (κ3) is 5.11. The fourth-order valence-corrected chi connectivity index (χ4v) is 3.72. The Bertz CT molecular complexity index is 634. The number of hydrogen-bond acceptors (Lipinski definition) is 4. The minimum absolute atomic E-state index is 0.0190. The third-order valence-corrected chi connectivity index (χ3v) is 5.31. The lowest BCUT2D eigenvalue weighted by Gasteiger charge is -2.33. The molecule has 0 aliphatic carbocycles. The number of benzene rings is 1. The second-order valence-corrected chi connectivity index (χ2v) is 7.37. The lowest BCUT2D eigenvalue weighted by atomic mass is 9.97. The van der Waals surface area contributed by atoms with Gasteiger partial charge in [0.15, 0.2) is 6.61 Å². The van der Waals surface area contributed by atoms with Gasteiger partial charge in [0.2, 0.25) is 5.91 Å². The largest absolute Gasteiger partial charge is 0.482 e. The molecule has 26 heavy (non-hydrogen) atoms. The number of ether oxygens (including phenoxy) is 1. The molecule has 6 nitrogen and oxygen atoms in total. The number of piperidine rings is 1. The van der Waals surface area contributed by atoms with Crippen molar-refractivity contribution in [2.75, 3.05) is 32.8 Å². The molecular formula is C19H26ClN3O3. The highest BCUT2D eigenvalue weighted by atomic mass is 35.5. The second kappa shape index (κ2) is 9.24. The lowest BCUT2D eigenvalue weighted by Crippen LogP contribution is -2.47. The molecule has 0 bridgehead atoms. The number of nitrogens with zero attached hydrogens (tertiary/aromatic N) is 1. The van der Waals surface area contributed by atoms with Crippen LogP contribution in [0.3, 0.4) is 0 Å². The van der Waals surface area contributed by atoms with Gasteiger partial charge in [0.1, 0.15) is 5.75 Å². The fraction of sp³-hybridized carbons (Fsp3) is 0.579. The zero-order chi connectivity index (χ0) is 18.4. The number of halogens is 1. The maximum Gasteiger partial charge on any atom is 0.260 e. The van der Waals surface area contributed by atoms with E-state index in [0.717, 1.165) is 38.8 Å². The molecule has 1 aromatic carbocycles. The highest BCUT2D eigenvalue weighted by Crippen LogP contribution is 2.23. The average Bonchev–Trinajstić information content (AvgIpc) is 3.20. The van der Waals surface area contributed by atoms with E-state index in [-0.39, 0.29) is 24.5 Å². The molecule has 2 N–H and O–H groups in total. The van der Waals surface area contributed by atoms with Crippen molar-refractivity contribution in [1.29, 1.82) is 0 Å². The standard InChI is InChI=1S/C19H26ClN3O3/c20-15-6-1-2-8-17(15)26-13-18(24)23-10-4-5-14(12-23)11-22-19(25)16-7-3-9-21-16/h1-2,6,8,14,16,21H,3-5,7,9-13H2,(H,22,25). The SMILES string of the molecule is O=C(NCC1CCCN(C(=O)COc2ccccc2Cl)C1)C1CCCN1. The third-order valence-electron chi connectivity index (χ3n) is 5.00. The monoisotopic (exact) mass is 379 g/mol. The van der Waals surface area contributed by atoms with Crippen molar-refractivity contribution in [3.63, 3.8) is 0 Å². The van der Waals surface area contributed by atoms with Crippen LogP contribution in [0.2, 0.25) is 5.02 Å². The van der Waals surface area contributed by atoms with Crippen LogP contribution >= 0.6 is 11.6 Å². The van der Waals surface area contributed by atoms with Crippen LogP contribution < -0.4 is 15.4 Å². The highest BCUT2D eigenvalue weighted by Gasteiger charge is 2.26. The van der Waals surface area contributed by atoms with E-state index in [2.05, 4.69) is 10.6 Å². The van der Waals surface area contributed by atoms with Gasteiger partial charge in [0.25, 0.3) is 5.91 Å². The second-order valence-electron chi connectivity index (χ2n) is 6.96. The van der Waals surface area contributed by atoms with Gasteiger partial charge in [0, 0.05) is 19.6 Å². The van der Waals surface area contributed by atoms with Gasteiger partial charge in [-0.3, -0.25) is 9.59 Å². The van der Waals surface area contributed by atoms with Crippen molar-refractivity contribution < 1.29 is 14.3 Å². The predicted molar refractivity (Wildman–Crippen MR) is 100 cm³/mol. The Morgan fingerprint density at radius 1 is 1.27 bits per heavy atom. The summed E-state index contributed by atoms with van der Waals surface area (Å²) in [5, 5.41) is 6.74. The molecule has 1 aromatic rings. The molecule has 7 heteroatoms. The normalized spacial score (nSPS) is 22.9. The van der Waals surface area contributed by atoms with Crippen LogP contribution in [-0.4, -0.2) is 55.5 Å². The Kier molecular flexibility index (Phi) is 6.74. The van der Waals surface area contributed by atoms with Gasteiger partial charge in [-0.2, -0.15) is 0 Å². The van der Waals surface area contributed by atoms with E-state index in [1.807, 2.05) is 17.0 Å². The van der Waals surface area contributed by atoms with Crippen molar-refractivity contribution in [1.82, 2.24) is 15.5 Å². The average molecular weight is 380 g/mol. The van der Waals surface area contributed by atoms with Crippen LogP contribution in [0.4, 0.5) is 0 Å². The molecule has 3 rings (SSSR count). The maximum absolute atomic E-state index is 12.4. The number of amides is 2. The summed E-state index contributed by atoms with van der Waals surface area (Å²) in [5.41, 5.74) is 0. The van der Waals surface area contributed by atoms with Crippen LogP contribution in [0.1, 0.15) is 25.7 Å². The first-order valence-corrected chi connectivity index (χ1v) is 9.67. The molecule has 2 saturated heterocycles. The van der Waals surface area contributed by atoms with Crippen LogP contribution in [0.15, 0.2) is 24.3 Å². The van der Waals surface area contributed by atoms with Gasteiger partial charge < -0.3 is 20.3 Å². The summed E-state index contributed by atoms with van der Waals surface area (Å²) < 4.78 is 5.55. The fourth-order valence-electron chi connectivity index (χ4n) is 3.53. The van der Waals surface area contributed by atoms with E-state index in [9.17, 15) is 9.59 Å². The van der Waals surface area contributed by atoms with E-state index in [4.69, 9.17) is 16.3 Å². The summed E-state index contributed by atoms with van der Waals surface area (Å²) in [6.45, 7) is 2.90. The molecule has 2 atom stereocenters. The Labute approximate surface area is 159 Å². The van der Waals surface area contributed by atoms with Gasteiger partial charge in [-0.15, -0.1) is 0 Å². The van der Waals surface area contributed by atoms with E-state index < -0.39 is 0 Å². The van der Waals surface area contributed by atoms with Crippen molar-refractivity contribution in [3.8, 4) is 5.75 Å². The minimum atomic E-state index is -0.0552. The zero-order valence-corrected chi connectivity index (χ0v) is 15.6. The number of para-hydroxylation sites is 1. The molecule has 0 radical (unpaired) electrons. The number of hydrogen-bond donors (Lipinski definition) is 2. The molecule has 2 aliphatic heterocycles. The Morgan fingerprint density at radius 2 is 2.12 bits per heavy atom. The summed E-state index contributed by atoms with van der Waals surface area (Å²) in [6, 6.07) is 7.08. The summed E-state index contributed by atoms with van der Waals surface area (Å²) in [6.07, 6.45) is 3.92. The number of carbonyl (C=O) groups excluding carboxylic acids is 2. The van der Waals surface area contributed by atoms with Crippen molar-refractivity contribution in [2.45, 2.75) is 31.7 Å².